The molecular weight excluding hydrogens is 402 g/mol. The first kappa shape index (κ1) is 21.8. The summed E-state index contributed by atoms with van der Waals surface area (Å²) < 4.78 is 5.79. The Bertz CT molecular complexity index is 992. The second-order valence-electron chi connectivity index (χ2n) is 7.08. The van der Waals surface area contributed by atoms with Crippen LogP contribution in [0.5, 0.6) is 0 Å². The fraction of sp³-hybridized carbons (Fsp3) is 0.333. The van der Waals surface area contributed by atoms with E-state index in [2.05, 4.69) is 20.4 Å². The topological polar surface area (TPSA) is 97.3 Å². The number of furan rings is 1. The quantitative estimate of drug-likeness (QED) is 0.290. The Labute approximate surface area is 179 Å². The minimum atomic E-state index is -0.402. The maximum absolute atomic E-state index is 11.7. The molecule has 0 amide bonds. The van der Waals surface area contributed by atoms with Crippen molar-refractivity contribution in [2.24, 2.45) is 0 Å². The van der Waals surface area contributed by atoms with Gasteiger partial charge < -0.3 is 14.6 Å². The van der Waals surface area contributed by atoms with Crippen molar-refractivity contribution >= 4 is 23.3 Å². The lowest BCUT2D eigenvalue weighted by Gasteiger charge is -2.10. The van der Waals surface area contributed by atoms with Gasteiger partial charge in [-0.2, -0.15) is 11.8 Å². The molecule has 0 atom stereocenters. The van der Waals surface area contributed by atoms with Crippen molar-refractivity contribution in [2.75, 3.05) is 31.7 Å². The molecule has 2 aromatic heterocycles. The number of thioether (sulfide) groups is 1. The first-order valence-electron chi connectivity index (χ1n) is 9.56. The Hall–Kier alpha value is -2.91. The maximum atomic E-state index is 11.7. The van der Waals surface area contributed by atoms with Gasteiger partial charge in [0.05, 0.1) is 22.8 Å². The Morgan fingerprint density at radius 3 is 2.57 bits per heavy atom. The van der Waals surface area contributed by atoms with Crippen molar-refractivity contribution in [3.63, 3.8) is 0 Å². The van der Waals surface area contributed by atoms with Gasteiger partial charge in [0, 0.05) is 17.9 Å². The average Bonchev–Trinajstić information content (AvgIpc) is 3.14. The minimum absolute atomic E-state index is 0.0341. The summed E-state index contributed by atoms with van der Waals surface area (Å²) in [5, 5.41) is 23.0. The summed E-state index contributed by atoms with van der Waals surface area (Å²) in [6.45, 7) is 3.01. The zero-order valence-electron chi connectivity index (χ0n) is 17.3. The summed E-state index contributed by atoms with van der Waals surface area (Å²) in [5.41, 5.74) is 1.79. The molecule has 0 aliphatic carbocycles. The second-order valence-corrected chi connectivity index (χ2v) is 8.18. The summed E-state index contributed by atoms with van der Waals surface area (Å²) in [6.07, 6.45) is 0. The van der Waals surface area contributed by atoms with E-state index in [1.807, 2.05) is 56.6 Å². The van der Waals surface area contributed by atoms with Gasteiger partial charge in [0.2, 0.25) is 5.82 Å². The number of nitrogens with zero attached hydrogens (tertiary/aromatic N) is 4. The summed E-state index contributed by atoms with van der Waals surface area (Å²) >= 11 is 1.69. The third kappa shape index (κ3) is 5.58. The van der Waals surface area contributed by atoms with Gasteiger partial charge in [-0.1, -0.05) is 30.3 Å². The highest BCUT2D eigenvalue weighted by Gasteiger charge is 2.23. The van der Waals surface area contributed by atoms with E-state index in [-0.39, 0.29) is 11.5 Å². The van der Waals surface area contributed by atoms with Crippen molar-refractivity contribution < 1.29 is 9.34 Å². The lowest BCUT2D eigenvalue weighted by Crippen LogP contribution is -2.11. The van der Waals surface area contributed by atoms with Crippen LogP contribution < -0.4 is 5.32 Å². The van der Waals surface area contributed by atoms with Crippen molar-refractivity contribution in [3.05, 3.63) is 69.7 Å². The third-order valence-electron chi connectivity index (χ3n) is 4.39. The van der Waals surface area contributed by atoms with E-state index in [9.17, 15) is 10.1 Å². The van der Waals surface area contributed by atoms with Crippen LogP contribution in [0.25, 0.3) is 11.3 Å². The molecule has 0 spiro atoms. The molecule has 9 heteroatoms. The number of rotatable bonds is 10. The van der Waals surface area contributed by atoms with Crippen LogP contribution in [-0.4, -0.2) is 46.4 Å². The minimum Gasteiger partial charge on any atom is -0.464 e. The first-order chi connectivity index (χ1) is 14.5. The molecule has 8 nitrogen and oxygen atoms in total. The molecule has 0 bridgehead atoms. The molecular formula is C21H25N5O3S. The van der Waals surface area contributed by atoms with E-state index in [1.165, 1.54) is 0 Å². The molecule has 30 heavy (non-hydrogen) atoms. The van der Waals surface area contributed by atoms with Crippen LogP contribution >= 0.6 is 11.8 Å². The molecule has 0 aliphatic heterocycles. The van der Waals surface area contributed by atoms with E-state index >= 15 is 0 Å². The zero-order valence-corrected chi connectivity index (χ0v) is 18.1. The SMILES string of the molecule is Cc1c(-c2ccccc2)nnc(NCCSCc2ccc(CN(C)C)o2)c1[N+](=O)[O-]. The van der Waals surface area contributed by atoms with Crippen LogP contribution in [0.4, 0.5) is 11.5 Å². The fourth-order valence-corrected chi connectivity index (χ4v) is 3.78. The average molecular weight is 428 g/mol. The molecule has 2 heterocycles. The van der Waals surface area contributed by atoms with Crippen LogP contribution in [-0.2, 0) is 12.3 Å². The van der Waals surface area contributed by atoms with E-state index in [4.69, 9.17) is 4.42 Å². The molecule has 0 fully saturated rings. The van der Waals surface area contributed by atoms with Gasteiger partial charge in [-0.05, 0) is 33.2 Å². The highest BCUT2D eigenvalue weighted by molar-refractivity contribution is 7.98. The number of hydrogen-bond acceptors (Lipinski definition) is 8. The molecule has 0 aliphatic rings. The predicted molar refractivity (Wildman–Crippen MR) is 120 cm³/mol. The number of nitro groups is 1. The van der Waals surface area contributed by atoms with Gasteiger partial charge in [-0.3, -0.25) is 10.1 Å². The first-order valence-corrected chi connectivity index (χ1v) is 10.7. The van der Waals surface area contributed by atoms with E-state index < -0.39 is 4.92 Å². The molecule has 0 saturated carbocycles. The van der Waals surface area contributed by atoms with Gasteiger partial charge in [0.25, 0.3) is 0 Å². The van der Waals surface area contributed by atoms with Gasteiger partial charge in [-0.25, -0.2) is 0 Å². The summed E-state index contributed by atoms with van der Waals surface area (Å²) in [4.78, 5) is 13.3. The number of aromatic nitrogens is 2. The number of benzene rings is 1. The monoisotopic (exact) mass is 427 g/mol. The Morgan fingerprint density at radius 1 is 1.13 bits per heavy atom. The fourth-order valence-electron chi connectivity index (χ4n) is 3.04. The maximum Gasteiger partial charge on any atom is 0.318 e. The van der Waals surface area contributed by atoms with Gasteiger partial charge >= 0.3 is 5.69 Å². The van der Waals surface area contributed by atoms with Crippen molar-refractivity contribution in [1.29, 1.82) is 0 Å². The molecule has 0 radical (unpaired) electrons. The third-order valence-corrected chi connectivity index (χ3v) is 5.37. The zero-order chi connectivity index (χ0) is 21.5. The van der Waals surface area contributed by atoms with Crippen LogP contribution in [0.3, 0.4) is 0 Å². The molecule has 158 valence electrons. The number of nitrogens with one attached hydrogen (secondary N) is 1. The number of anilines is 1. The molecule has 0 saturated heterocycles. The Kier molecular flexibility index (Phi) is 7.42. The van der Waals surface area contributed by atoms with Crippen LogP contribution in [0.1, 0.15) is 17.1 Å². The van der Waals surface area contributed by atoms with Crippen molar-refractivity contribution in [2.45, 2.75) is 19.2 Å². The van der Waals surface area contributed by atoms with Crippen molar-refractivity contribution in [1.82, 2.24) is 15.1 Å². The largest absolute Gasteiger partial charge is 0.464 e. The number of hydrogen-bond donors (Lipinski definition) is 1. The van der Waals surface area contributed by atoms with Gasteiger partial charge in [0.1, 0.15) is 17.2 Å². The van der Waals surface area contributed by atoms with E-state index in [0.29, 0.717) is 17.8 Å². The smallest absolute Gasteiger partial charge is 0.318 e. The van der Waals surface area contributed by atoms with Crippen LogP contribution in [0, 0.1) is 17.0 Å². The lowest BCUT2D eigenvalue weighted by molar-refractivity contribution is -0.384. The standard InChI is InChI=1S/C21H25N5O3S/c1-15-19(16-7-5-4-6-8-16)23-24-21(20(15)26(27)28)22-11-12-30-14-18-10-9-17(29-18)13-25(2)3/h4-10H,11-14H2,1-3H3,(H,22,24). The Morgan fingerprint density at radius 2 is 1.87 bits per heavy atom. The molecule has 0 unspecified atom stereocenters. The van der Waals surface area contributed by atoms with E-state index in [0.717, 1.165) is 35.1 Å². The summed E-state index contributed by atoms with van der Waals surface area (Å²) in [5.74, 6) is 3.56. The van der Waals surface area contributed by atoms with Gasteiger partial charge in [-0.15, -0.1) is 10.2 Å². The lowest BCUT2D eigenvalue weighted by atomic mass is 10.1. The predicted octanol–water partition coefficient (Wildman–Crippen LogP) is 4.36. The highest BCUT2D eigenvalue weighted by Crippen LogP contribution is 2.32. The normalized spacial score (nSPS) is 11.1. The molecule has 3 rings (SSSR count). The van der Waals surface area contributed by atoms with Crippen LogP contribution in [0.2, 0.25) is 0 Å². The van der Waals surface area contributed by atoms with E-state index in [1.54, 1.807) is 18.7 Å². The van der Waals surface area contributed by atoms with Crippen molar-refractivity contribution in [3.8, 4) is 11.3 Å². The van der Waals surface area contributed by atoms with Crippen LogP contribution in [0.15, 0.2) is 46.9 Å². The highest BCUT2D eigenvalue weighted by atomic mass is 32.2. The molecule has 3 aromatic rings. The molecule has 1 N–H and O–H groups in total. The second kappa shape index (κ2) is 10.2. The van der Waals surface area contributed by atoms with Gasteiger partial charge in [0.15, 0.2) is 0 Å². The molecule has 1 aromatic carbocycles. The summed E-state index contributed by atoms with van der Waals surface area (Å²) in [6, 6.07) is 13.3. The Balaban J connectivity index is 1.58. The summed E-state index contributed by atoms with van der Waals surface area (Å²) in [7, 11) is 4.00.